The molecule has 0 saturated carbocycles. The first kappa shape index (κ1) is 16.1. The minimum atomic E-state index is -4.37. The number of methoxy groups -OCH3 is 1. The zero-order valence-electron chi connectivity index (χ0n) is 11.1. The van der Waals surface area contributed by atoms with Crippen LogP contribution in [-0.4, -0.2) is 19.3 Å². The first-order valence-corrected chi connectivity index (χ1v) is 6.19. The van der Waals surface area contributed by atoms with Crippen LogP contribution in [0, 0.1) is 0 Å². The van der Waals surface area contributed by atoms with Gasteiger partial charge < -0.3 is 10.1 Å². The molecule has 0 aliphatic heterocycles. The number of rotatable bonds is 5. The van der Waals surface area contributed by atoms with E-state index in [1.165, 1.54) is 6.07 Å². The van der Waals surface area contributed by atoms with E-state index in [2.05, 4.69) is 5.32 Å². The van der Waals surface area contributed by atoms with Crippen molar-refractivity contribution in [3.8, 4) is 0 Å². The minimum absolute atomic E-state index is 0.0602. The number of ether oxygens (including phenoxy) is 1. The van der Waals surface area contributed by atoms with E-state index in [0.717, 1.165) is 12.1 Å². The van der Waals surface area contributed by atoms with Crippen LogP contribution in [0.15, 0.2) is 18.2 Å². The smallest absolute Gasteiger partial charge is 0.384 e. The van der Waals surface area contributed by atoms with Gasteiger partial charge in [0.25, 0.3) is 0 Å². The second kappa shape index (κ2) is 6.01. The van der Waals surface area contributed by atoms with Crippen LogP contribution in [0.4, 0.5) is 18.9 Å². The fraction of sp³-hybridized carbons (Fsp3) is 0.538. The van der Waals surface area contributed by atoms with Crippen LogP contribution in [0.5, 0.6) is 0 Å². The second-order valence-electron chi connectivity index (χ2n) is 4.83. The zero-order chi connectivity index (χ0) is 14.7. The summed E-state index contributed by atoms with van der Waals surface area (Å²) in [4.78, 5) is 0. The number of alkyl halides is 3. The molecule has 0 aliphatic rings. The van der Waals surface area contributed by atoms with Crippen molar-refractivity contribution in [2.75, 3.05) is 19.0 Å². The Morgan fingerprint density at radius 1 is 1.26 bits per heavy atom. The average molecular weight is 296 g/mol. The van der Waals surface area contributed by atoms with Gasteiger partial charge in [0.05, 0.1) is 21.9 Å². The molecule has 1 N–H and O–H groups in total. The van der Waals surface area contributed by atoms with Gasteiger partial charge in [0.2, 0.25) is 0 Å². The van der Waals surface area contributed by atoms with E-state index in [9.17, 15) is 13.2 Å². The third-order valence-corrected chi connectivity index (χ3v) is 3.20. The Kier molecular flexibility index (Phi) is 5.10. The van der Waals surface area contributed by atoms with Crippen LogP contribution < -0.4 is 5.32 Å². The van der Waals surface area contributed by atoms with Crippen LogP contribution >= 0.6 is 11.6 Å². The monoisotopic (exact) mass is 295 g/mol. The standard InChI is InChI=1S/C13H17ClF3NO/c1-12(2,19-3)6-7-18-11-5-4-9(8-10(11)14)13(15,16)17/h4-5,8,18H,6-7H2,1-3H3. The van der Waals surface area contributed by atoms with Crippen molar-refractivity contribution in [3.05, 3.63) is 28.8 Å². The van der Waals surface area contributed by atoms with Crippen LogP contribution in [-0.2, 0) is 10.9 Å². The van der Waals surface area contributed by atoms with Crippen molar-refractivity contribution >= 4 is 17.3 Å². The predicted octanol–water partition coefficient (Wildman–Crippen LogP) is 4.59. The molecule has 2 nitrogen and oxygen atoms in total. The first-order chi connectivity index (χ1) is 8.65. The van der Waals surface area contributed by atoms with Crippen molar-refractivity contribution in [1.29, 1.82) is 0 Å². The van der Waals surface area contributed by atoms with Crippen molar-refractivity contribution in [3.63, 3.8) is 0 Å². The fourth-order valence-corrected chi connectivity index (χ4v) is 1.68. The van der Waals surface area contributed by atoms with Gasteiger partial charge in [0.15, 0.2) is 0 Å². The number of hydrogen-bond acceptors (Lipinski definition) is 2. The number of benzene rings is 1. The molecule has 0 saturated heterocycles. The fourth-order valence-electron chi connectivity index (χ4n) is 1.44. The van der Waals surface area contributed by atoms with E-state index in [-0.39, 0.29) is 10.6 Å². The molecule has 1 rings (SSSR count). The van der Waals surface area contributed by atoms with Gasteiger partial charge in [-0.25, -0.2) is 0 Å². The van der Waals surface area contributed by atoms with E-state index in [1.807, 2.05) is 13.8 Å². The number of hydrogen-bond donors (Lipinski definition) is 1. The average Bonchev–Trinajstić information content (AvgIpc) is 2.30. The molecule has 0 aromatic heterocycles. The van der Waals surface area contributed by atoms with Crippen molar-refractivity contribution < 1.29 is 17.9 Å². The Labute approximate surface area is 115 Å². The van der Waals surface area contributed by atoms with Crippen LogP contribution in [0.1, 0.15) is 25.8 Å². The summed E-state index contributed by atoms with van der Waals surface area (Å²) in [5.41, 5.74) is -0.549. The SMILES string of the molecule is COC(C)(C)CCNc1ccc(C(F)(F)F)cc1Cl. The van der Waals surface area contributed by atoms with Crippen LogP contribution in [0.25, 0.3) is 0 Å². The van der Waals surface area contributed by atoms with Gasteiger partial charge in [-0.1, -0.05) is 11.6 Å². The van der Waals surface area contributed by atoms with Gasteiger partial charge in [0, 0.05) is 13.7 Å². The van der Waals surface area contributed by atoms with Gasteiger partial charge in [-0.2, -0.15) is 13.2 Å². The normalized spacial score (nSPS) is 12.6. The van der Waals surface area contributed by atoms with Crippen LogP contribution in [0.3, 0.4) is 0 Å². The van der Waals surface area contributed by atoms with Gasteiger partial charge in [-0.3, -0.25) is 0 Å². The molecule has 0 atom stereocenters. The highest BCUT2D eigenvalue weighted by Gasteiger charge is 2.30. The second-order valence-corrected chi connectivity index (χ2v) is 5.24. The third kappa shape index (κ3) is 4.91. The third-order valence-electron chi connectivity index (χ3n) is 2.89. The maximum absolute atomic E-state index is 12.5. The Hall–Kier alpha value is -0.940. The highest BCUT2D eigenvalue weighted by atomic mass is 35.5. The topological polar surface area (TPSA) is 21.3 Å². The van der Waals surface area contributed by atoms with E-state index in [1.54, 1.807) is 7.11 Å². The summed E-state index contributed by atoms with van der Waals surface area (Å²) >= 11 is 5.83. The molecule has 6 heteroatoms. The highest BCUT2D eigenvalue weighted by Crippen LogP contribution is 2.33. The molecule has 0 bridgehead atoms. The molecular formula is C13H17ClF3NO. The summed E-state index contributed by atoms with van der Waals surface area (Å²) in [5, 5.41) is 3.06. The molecule has 0 radical (unpaired) electrons. The molecule has 0 unspecified atom stereocenters. The van der Waals surface area contributed by atoms with E-state index in [0.29, 0.717) is 18.7 Å². The summed E-state index contributed by atoms with van der Waals surface area (Å²) in [6, 6.07) is 3.27. The minimum Gasteiger partial charge on any atom is -0.384 e. The lowest BCUT2D eigenvalue weighted by molar-refractivity contribution is -0.137. The molecule has 108 valence electrons. The highest BCUT2D eigenvalue weighted by molar-refractivity contribution is 6.33. The van der Waals surface area contributed by atoms with E-state index in [4.69, 9.17) is 16.3 Å². The lowest BCUT2D eigenvalue weighted by Crippen LogP contribution is -2.25. The summed E-state index contributed by atoms with van der Waals surface area (Å²) < 4.78 is 42.6. The molecule has 0 spiro atoms. The molecule has 0 aliphatic carbocycles. The van der Waals surface area contributed by atoms with E-state index >= 15 is 0 Å². The Morgan fingerprint density at radius 3 is 2.37 bits per heavy atom. The molecule has 1 aromatic carbocycles. The van der Waals surface area contributed by atoms with E-state index < -0.39 is 11.7 Å². The zero-order valence-corrected chi connectivity index (χ0v) is 11.8. The van der Waals surface area contributed by atoms with Crippen molar-refractivity contribution in [2.24, 2.45) is 0 Å². The van der Waals surface area contributed by atoms with Crippen molar-refractivity contribution in [1.82, 2.24) is 0 Å². The molecular weight excluding hydrogens is 279 g/mol. The van der Waals surface area contributed by atoms with Gasteiger partial charge >= 0.3 is 6.18 Å². The predicted molar refractivity (Wildman–Crippen MR) is 70.6 cm³/mol. The Bertz CT molecular complexity index is 432. The molecule has 19 heavy (non-hydrogen) atoms. The lowest BCUT2D eigenvalue weighted by atomic mass is 10.1. The molecule has 0 fully saturated rings. The summed E-state index contributed by atoms with van der Waals surface area (Å²) in [6.07, 6.45) is -3.67. The summed E-state index contributed by atoms with van der Waals surface area (Å²) in [6.45, 7) is 4.43. The number of halogens is 4. The summed E-state index contributed by atoms with van der Waals surface area (Å²) in [5.74, 6) is 0. The van der Waals surface area contributed by atoms with Gasteiger partial charge in [-0.15, -0.1) is 0 Å². The van der Waals surface area contributed by atoms with Crippen molar-refractivity contribution in [2.45, 2.75) is 32.0 Å². The quantitative estimate of drug-likeness (QED) is 0.858. The maximum atomic E-state index is 12.5. The largest absolute Gasteiger partial charge is 0.416 e. The Balaban J connectivity index is 2.66. The molecule has 0 heterocycles. The summed E-state index contributed by atoms with van der Waals surface area (Å²) in [7, 11) is 1.62. The number of anilines is 1. The maximum Gasteiger partial charge on any atom is 0.416 e. The van der Waals surface area contributed by atoms with Gasteiger partial charge in [0.1, 0.15) is 0 Å². The molecule has 1 aromatic rings. The van der Waals surface area contributed by atoms with Crippen LogP contribution in [0.2, 0.25) is 5.02 Å². The first-order valence-electron chi connectivity index (χ1n) is 5.81. The lowest BCUT2D eigenvalue weighted by Gasteiger charge is -2.23. The van der Waals surface area contributed by atoms with Gasteiger partial charge in [-0.05, 0) is 38.5 Å². The molecule has 0 amide bonds. The number of nitrogens with one attached hydrogen (secondary N) is 1. The Morgan fingerprint density at radius 2 is 1.89 bits per heavy atom.